The molecule has 112 valence electrons. The maximum absolute atomic E-state index is 5.85. The minimum Gasteiger partial charge on any atom is -0.370 e. The Morgan fingerprint density at radius 1 is 1.29 bits per heavy atom. The lowest BCUT2D eigenvalue weighted by molar-refractivity contribution is 0.372. The van der Waals surface area contributed by atoms with E-state index >= 15 is 0 Å². The second-order valence-electron chi connectivity index (χ2n) is 4.92. The Hall–Kier alpha value is -2.30. The molecule has 0 unspecified atom stereocenters. The topological polar surface area (TPSA) is 76.4 Å². The van der Waals surface area contributed by atoms with Gasteiger partial charge in [-0.05, 0) is 25.0 Å². The Balaban J connectivity index is 1.94. The van der Waals surface area contributed by atoms with Gasteiger partial charge in [0.15, 0.2) is 11.7 Å². The van der Waals surface area contributed by atoms with Gasteiger partial charge in [0.05, 0.1) is 5.69 Å². The van der Waals surface area contributed by atoms with Crippen LogP contribution < -0.4 is 11.1 Å². The van der Waals surface area contributed by atoms with Crippen molar-refractivity contribution in [1.29, 1.82) is 0 Å². The highest BCUT2D eigenvalue weighted by molar-refractivity contribution is 5.92. The van der Waals surface area contributed by atoms with Crippen LogP contribution in [0.2, 0.25) is 0 Å². The van der Waals surface area contributed by atoms with Gasteiger partial charge in [0.2, 0.25) is 0 Å². The maximum atomic E-state index is 5.85. The molecule has 0 aliphatic rings. The molecule has 1 aromatic carbocycles. The number of para-hydroxylation sites is 1. The Morgan fingerprint density at radius 3 is 2.67 bits per heavy atom. The fourth-order valence-corrected chi connectivity index (χ4v) is 2.17. The molecule has 0 radical (unpaired) electrons. The second kappa shape index (κ2) is 7.47. The molecule has 0 fully saturated rings. The van der Waals surface area contributed by atoms with E-state index in [9.17, 15) is 0 Å². The second-order valence-corrected chi connectivity index (χ2v) is 4.92. The van der Waals surface area contributed by atoms with E-state index in [4.69, 9.17) is 10.3 Å². The minimum atomic E-state index is 0.363. The number of anilines is 1. The van der Waals surface area contributed by atoms with Gasteiger partial charge < -0.3 is 15.6 Å². The molecule has 3 N–H and O–H groups in total. The first-order chi connectivity index (χ1) is 10.2. The molecule has 2 rings (SSSR count). The van der Waals surface area contributed by atoms with Crippen molar-refractivity contribution in [2.24, 2.45) is 10.7 Å². The summed E-state index contributed by atoms with van der Waals surface area (Å²) < 4.78 is 5.31. The summed E-state index contributed by atoms with van der Waals surface area (Å²) in [6.45, 7) is 4.70. The zero-order chi connectivity index (χ0) is 15.1. The summed E-state index contributed by atoms with van der Waals surface area (Å²) in [6.07, 6.45) is 2.12. The van der Waals surface area contributed by atoms with Gasteiger partial charge in [-0.25, -0.2) is 4.99 Å². The van der Waals surface area contributed by atoms with E-state index in [1.807, 2.05) is 36.4 Å². The largest absolute Gasteiger partial charge is 0.370 e. The number of nitrogens with zero attached hydrogens (tertiary/aromatic N) is 2. The number of rotatable bonds is 6. The molecule has 0 atom stereocenters. The maximum Gasteiger partial charge on any atom is 0.193 e. The molecule has 0 bridgehead atoms. The predicted octanol–water partition coefficient (Wildman–Crippen LogP) is 3.51. The summed E-state index contributed by atoms with van der Waals surface area (Å²) in [5.74, 6) is 1.54. The minimum absolute atomic E-state index is 0.363. The highest BCUT2D eigenvalue weighted by Crippen LogP contribution is 2.22. The SMILES string of the molecule is CCC(CC)c1cc(CN=C(N)Nc2ccccc2)on1. The molecule has 0 amide bonds. The van der Waals surface area contributed by atoms with Gasteiger partial charge in [-0.3, -0.25) is 0 Å². The van der Waals surface area contributed by atoms with Crippen molar-refractivity contribution in [3.05, 3.63) is 47.9 Å². The zero-order valence-electron chi connectivity index (χ0n) is 12.5. The van der Waals surface area contributed by atoms with E-state index in [2.05, 4.69) is 29.3 Å². The Labute approximate surface area is 125 Å². The van der Waals surface area contributed by atoms with Crippen molar-refractivity contribution >= 4 is 11.6 Å². The molecule has 0 aliphatic carbocycles. The van der Waals surface area contributed by atoms with Crippen LogP contribution in [-0.4, -0.2) is 11.1 Å². The van der Waals surface area contributed by atoms with Crippen molar-refractivity contribution in [3.63, 3.8) is 0 Å². The molecular weight excluding hydrogens is 264 g/mol. The molecule has 0 saturated carbocycles. The van der Waals surface area contributed by atoms with Crippen LogP contribution in [0, 0.1) is 0 Å². The molecule has 0 aliphatic heterocycles. The van der Waals surface area contributed by atoms with Gasteiger partial charge >= 0.3 is 0 Å². The summed E-state index contributed by atoms with van der Waals surface area (Å²) in [6, 6.07) is 11.7. The highest BCUT2D eigenvalue weighted by Gasteiger charge is 2.12. The van der Waals surface area contributed by atoms with E-state index in [0.29, 0.717) is 18.4 Å². The lowest BCUT2D eigenvalue weighted by atomic mass is 9.99. The molecule has 5 heteroatoms. The average molecular weight is 286 g/mol. The van der Waals surface area contributed by atoms with E-state index in [1.165, 1.54) is 0 Å². The summed E-state index contributed by atoms with van der Waals surface area (Å²) in [7, 11) is 0. The van der Waals surface area contributed by atoms with Crippen LogP contribution in [0.25, 0.3) is 0 Å². The fourth-order valence-electron chi connectivity index (χ4n) is 2.17. The van der Waals surface area contributed by atoms with Gasteiger partial charge in [-0.1, -0.05) is 37.2 Å². The van der Waals surface area contributed by atoms with Crippen LogP contribution >= 0.6 is 0 Å². The van der Waals surface area contributed by atoms with Crippen LogP contribution in [0.3, 0.4) is 0 Å². The molecule has 21 heavy (non-hydrogen) atoms. The highest BCUT2D eigenvalue weighted by atomic mass is 16.5. The van der Waals surface area contributed by atoms with E-state index < -0.39 is 0 Å². The molecular formula is C16H22N4O. The summed E-state index contributed by atoms with van der Waals surface area (Å²) >= 11 is 0. The van der Waals surface area contributed by atoms with E-state index in [0.717, 1.165) is 30.0 Å². The van der Waals surface area contributed by atoms with Crippen molar-refractivity contribution < 1.29 is 4.52 Å². The lowest BCUT2D eigenvalue weighted by Crippen LogP contribution is -2.22. The first-order valence-corrected chi connectivity index (χ1v) is 7.30. The van der Waals surface area contributed by atoms with Crippen LogP contribution in [0.4, 0.5) is 5.69 Å². The van der Waals surface area contributed by atoms with Gasteiger partial charge in [-0.15, -0.1) is 0 Å². The number of benzene rings is 1. The normalized spacial score (nSPS) is 11.9. The summed E-state index contributed by atoms with van der Waals surface area (Å²) in [4.78, 5) is 4.26. The number of aromatic nitrogens is 1. The Kier molecular flexibility index (Phi) is 5.37. The number of nitrogens with one attached hydrogen (secondary N) is 1. The van der Waals surface area contributed by atoms with Crippen LogP contribution in [0.5, 0.6) is 0 Å². The van der Waals surface area contributed by atoms with Gasteiger partial charge in [-0.2, -0.15) is 0 Å². The third kappa shape index (κ3) is 4.34. The molecule has 0 saturated heterocycles. The number of guanidine groups is 1. The number of nitrogens with two attached hydrogens (primary N) is 1. The first kappa shape index (κ1) is 15.1. The van der Waals surface area contributed by atoms with Gasteiger partial charge in [0.25, 0.3) is 0 Å². The Morgan fingerprint density at radius 2 is 2.00 bits per heavy atom. The summed E-state index contributed by atoms with van der Waals surface area (Å²) in [5, 5.41) is 7.14. The van der Waals surface area contributed by atoms with Crippen molar-refractivity contribution in [2.75, 3.05) is 5.32 Å². The fraction of sp³-hybridized carbons (Fsp3) is 0.375. The zero-order valence-corrected chi connectivity index (χ0v) is 12.5. The number of hydrogen-bond donors (Lipinski definition) is 2. The monoisotopic (exact) mass is 286 g/mol. The van der Waals surface area contributed by atoms with Crippen LogP contribution in [0.1, 0.15) is 44.1 Å². The van der Waals surface area contributed by atoms with E-state index in [-0.39, 0.29) is 0 Å². The molecule has 5 nitrogen and oxygen atoms in total. The number of hydrogen-bond acceptors (Lipinski definition) is 3. The molecule has 1 aromatic heterocycles. The average Bonchev–Trinajstić information content (AvgIpc) is 2.96. The quantitative estimate of drug-likeness (QED) is 0.629. The van der Waals surface area contributed by atoms with Crippen molar-refractivity contribution in [2.45, 2.75) is 39.2 Å². The first-order valence-electron chi connectivity index (χ1n) is 7.30. The molecule has 0 spiro atoms. The van der Waals surface area contributed by atoms with Crippen LogP contribution in [0.15, 0.2) is 45.9 Å². The smallest absolute Gasteiger partial charge is 0.193 e. The number of aliphatic imine (C=N–C) groups is 1. The Bertz CT molecular complexity index is 573. The van der Waals surface area contributed by atoms with Crippen molar-refractivity contribution in [3.8, 4) is 0 Å². The van der Waals surface area contributed by atoms with Gasteiger partial charge in [0.1, 0.15) is 6.54 Å². The summed E-state index contributed by atoms with van der Waals surface area (Å²) in [5.41, 5.74) is 7.76. The van der Waals surface area contributed by atoms with Crippen molar-refractivity contribution in [1.82, 2.24) is 5.16 Å². The third-order valence-electron chi connectivity index (χ3n) is 3.43. The standard InChI is InChI=1S/C16H22N4O/c1-3-12(4-2)15-10-14(21-20-15)11-18-16(17)19-13-8-6-5-7-9-13/h5-10,12H,3-4,11H2,1-2H3,(H3,17,18,19). The lowest BCUT2D eigenvalue weighted by Gasteiger charge is -2.05. The molecule has 2 aromatic rings. The van der Waals surface area contributed by atoms with E-state index in [1.54, 1.807) is 0 Å². The van der Waals surface area contributed by atoms with Gasteiger partial charge in [0, 0.05) is 17.7 Å². The third-order valence-corrected chi connectivity index (χ3v) is 3.43. The molecule has 1 heterocycles. The van der Waals surface area contributed by atoms with Crippen LogP contribution in [-0.2, 0) is 6.54 Å². The predicted molar refractivity (Wildman–Crippen MR) is 85.2 cm³/mol.